The third kappa shape index (κ3) is 3.13. The van der Waals surface area contributed by atoms with Gasteiger partial charge in [-0.25, -0.2) is 4.68 Å². The molecule has 0 unspecified atom stereocenters. The fourth-order valence-electron chi connectivity index (χ4n) is 2.25. The van der Waals surface area contributed by atoms with Crippen molar-refractivity contribution in [2.24, 2.45) is 0 Å². The van der Waals surface area contributed by atoms with Gasteiger partial charge in [0.1, 0.15) is 5.75 Å². The van der Waals surface area contributed by atoms with Crippen molar-refractivity contribution in [1.29, 1.82) is 0 Å². The zero-order chi connectivity index (χ0) is 15.4. The number of methoxy groups -OCH3 is 1. The summed E-state index contributed by atoms with van der Waals surface area (Å²) in [7, 11) is 1.63. The van der Waals surface area contributed by atoms with Gasteiger partial charge in [-0.1, -0.05) is 6.92 Å². The van der Waals surface area contributed by atoms with Gasteiger partial charge >= 0.3 is 0 Å². The third-order valence-electron chi connectivity index (χ3n) is 3.34. The van der Waals surface area contributed by atoms with Crippen LogP contribution in [0.5, 0.6) is 5.75 Å². The van der Waals surface area contributed by atoms with Crippen LogP contribution in [0.1, 0.15) is 24.5 Å². The lowest BCUT2D eigenvalue weighted by molar-refractivity contribution is 0.278. The Morgan fingerprint density at radius 2 is 2.10 bits per heavy atom. The highest BCUT2D eigenvalue weighted by Gasteiger charge is 2.10. The van der Waals surface area contributed by atoms with Crippen LogP contribution in [-0.2, 0) is 13.2 Å². The average Bonchev–Trinajstić information content (AvgIpc) is 2.49. The maximum Gasteiger partial charge on any atom is 0.272 e. The first-order chi connectivity index (χ1) is 10.1. The highest BCUT2D eigenvalue weighted by Crippen LogP contribution is 2.24. The van der Waals surface area contributed by atoms with Gasteiger partial charge in [-0.05, 0) is 43.2 Å². The van der Waals surface area contributed by atoms with Crippen LogP contribution in [0.25, 0.3) is 11.3 Å². The lowest BCUT2D eigenvalue weighted by Crippen LogP contribution is -2.26. The number of nitrogens with zero attached hydrogens (tertiary/aromatic N) is 2. The molecule has 2 rings (SSSR count). The molecule has 1 aromatic carbocycles. The number of aryl methyl sites for hydroxylation is 2. The smallest absolute Gasteiger partial charge is 0.272 e. The Labute approximate surface area is 123 Å². The second-order valence-corrected chi connectivity index (χ2v) is 4.93. The molecular formula is C16H20N2O3. The molecule has 0 radical (unpaired) electrons. The number of hydrogen-bond donors (Lipinski definition) is 1. The zero-order valence-corrected chi connectivity index (χ0v) is 12.6. The van der Waals surface area contributed by atoms with E-state index >= 15 is 0 Å². The van der Waals surface area contributed by atoms with Crippen LogP contribution in [-0.4, -0.2) is 22.0 Å². The summed E-state index contributed by atoms with van der Waals surface area (Å²) in [5.41, 5.74) is 2.71. The molecule has 0 bridgehead atoms. The second-order valence-electron chi connectivity index (χ2n) is 4.93. The van der Waals surface area contributed by atoms with Crippen LogP contribution < -0.4 is 10.3 Å². The Kier molecular flexibility index (Phi) is 4.75. The number of rotatable bonds is 5. The minimum Gasteiger partial charge on any atom is -0.496 e. The molecule has 0 amide bonds. The van der Waals surface area contributed by atoms with Gasteiger partial charge in [-0.3, -0.25) is 4.79 Å². The summed E-state index contributed by atoms with van der Waals surface area (Å²) in [5.74, 6) is 0.808. The summed E-state index contributed by atoms with van der Waals surface area (Å²) in [5, 5.41) is 13.7. The van der Waals surface area contributed by atoms with Crippen LogP contribution in [0.2, 0.25) is 0 Å². The van der Waals surface area contributed by atoms with E-state index in [2.05, 4.69) is 5.10 Å². The first-order valence-corrected chi connectivity index (χ1v) is 6.97. The lowest BCUT2D eigenvalue weighted by Gasteiger charge is -2.11. The quantitative estimate of drug-likeness (QED) is 0.915. The van der Waals surface area contributed by atoms with Gasteiger partial charge in [0.05, 0.1) is 19.4 Å². The number of aromatic nitrogens is 2. The fourth-order valence-corrected chi connectivity index (χ4v) is 2.25. The van der Waals surface area contributed by atoms with Gasteiger partial charge in [-0.15, -0.1) is 0 Å². The topological polar surface area (TPSA) is 64.3 Å². The van der Waals surface area contributed by atoms with E-state index in [9.17, 15) is 9.90 Å². The summed E-state index contributed by atoms with van der Waals surface area (Å²) in [6.07, 6.45) is 0.808. The van der Waals surface area contributed by atoms with Crippen LogP contribution in [0.3, 0.4) is 0 Å². The molecule has 0 spiro atoms. The summed E-state index contributed by atoms with van der Waals surface area (Å²) in [6.45, 7) is 4.19. The van der Waals surface area contributed by atoms with Crippen LogP contribution >= 0.6 is 0 Å². The van der Waals surface area contributed by atoms with E-state index in [1.54, 1.807) is 13.2 Å². The Morgan fingerprint density at radius 3 is 2.67 bits per heavy atom. The van der Waals surface area contributed by atoms with Crippen molar-refractivity contribution >= 4 is 0 Å². The molecule has 112 valence electrons. The number of ether oxygens (including phenoxy) is 1. The molecule has 0 atom stereocenters. The minimum absolute atomic E-state index is 0.228. The molecular weight excluding hydrogens is 268 g/mol. The summed E-state index contributed by atoms with van der Waals surface area (Å²) in [4.78, 5) is 12.1. The molecule has 5 heteroatoms. The molecule has 2 aromatic rings. The number of benzene rings is 1. The van der Waals surface area contributed by atoms with Crippen molar-refractivity contribution in [3.8, 4) is 17.0 Å². The van der Waals surface area contributed by atoms with Crippen LogP contribution in [0.15, 0.2) is 29.1 Å². The molecule has 0 aliphatic heterocycles. The lowest BCUT2D eigenvalue weighted by atomic mass is 10.1. The first-order valence-electron chi connectivity index (χ1n) is 6.97. The molecule has 21 heavy (non-hydrogen) atoms. The standard InChI is InChI=1S/C16H20N2O3/c1-4-7-18-16(20)13(10-19)9-14(17-18)12-5-6-15(21-3)11(2)8-12/h5-6,8-9,19H,4,7,10H2,1-3H3. The highest BCUT2D eigenvalue weighted by molar-refractivity contribution is 5.62. The van der Waals surface area contributed by atoms with Crippen LogP contribution in [0, 0.1) is 6.92 Å². The van der Waals surface area contributed by atoms with Gasteiger partial charge in [0.25, 0.3) is 5.56 Å². The molecule has 0 saturated carbocycles. The molecule has 0 aliphatic rings. The monoisotopic (exact) mass is 288 g/mol. The van der Waals surface area contributed by atoms with Crippen molar-refractivity contribution in [1.82, 2.24) is 9.78 Å². The maximum atomic E-state index is 12.1. The van der Waals surface area contributed by atoms with E-state index in [4.69, 9.17) is 4.74 Å². The van der Waals surface area contributed by atoms with Crippen LogP contribution in [0.4, 0.5) is 0 Å². The average molecular weight is 288 g/mol. The Bertz CT molecular complexity index is 692. The Hall–Kier alpha value is -2.14. The predicted octanol–water partition coefficient (Wildman–Crippen LogP) is 2.13. The first kappa shape index (κ1) is 15.3. The molecule has 0 saturated heterocycles. The third-order valence-corrected chi connectivity index (χ3v) is 3.34. The largest absolute Gasteiger partial charge is 0.496 e. The molecule has 1 aromatic heterocycles. The van der Waals surface area contributed by atoms with Crippen molar-refractivity contribution < 1.29 is 9.84 Å². The number of hydrogen-bond acceptors (Lipinski definition) is 4. The summed E-state index contributed by atoms with van der Waals surface area (Å²) < 4.78 is 6.66. The van der Waals surface area contributed by atoms with Crippen molar-refractivity contribution in [3.05, 3.63) is 45.7 Å². The zero-order valence-electron chi connectivity index (χ0n) is 12.6. The highest BCUT2D eigenvalue weighted by atomic mass is 16.5. The van der Waals surface area contributed by atoms with E-state index < -0.39 is 0 Å². The molecule has 5 nitrogen and oxygen atoms in total. The van der Waals surface area contributed by atoms with E-state index in [0.717, 1.165) is 23.3 Å². The SMILES string of the molecule is CCCn1nc(-c2ccc(OC)c(C)c2)cc(CO)c1=O. The van der Waals surface area contributed by atoms with E-state index in [-0.39, 0.29) is 12.2 Å². The Balaban J connectivity index is 2.55. The molecule has 1 heterocycles. The molecule has 0 fully saturated rings. The van der Waals surface area contributed by atoms with Gasteiger partial charge in [-0.2, -0.15) is 5.10 Å². The predicted molar refractivity (Wildman–Crippen MR) is 81.4 cm³/mol. The van der Waals surface area contributed by atoms with Gasteiger partial charge in [0, 0.05) is 17.7 Å². The summed E-state index contributed by atoms with van der Waals surface area (Å²) >= 11 is 0. The normalized spacial score (nSPS) is 10.7. The number of aliphatic hydroxyl groups is 1. The van der Waals surface area contributed by atoms with Gasteiger partial charge in [0.2, 0.25) is 0 Å². The number of aliphatic hydroxyl groups excluding tert-OH is 1. The summed E-state index contributed by atoms with van der Waals surface area (Å²) in [6, 6.07) is 7.38. The van der Waals surface area contributed by atoms with Crippen molar-refractivity contribution in [2.45, 2.75) is 33.4 Å². The second kappa shape index (κ2) is 6.54. The minimum atomic E-state index is -0.285. The van der Waals surface area contributed by atoms with E-state index in [1.165, 1.54) is 4.68 Å². The fraction of sp³-hybridized carbons (Fsp3) is 0.375. The molecule has 0 aliphatic carbocycles. The Morgan fingerprint density at radius 1 is 1.33 bits per heavy atom. The van der Waals surface area contributed by atoms with Gasteiger partial charge < -0.3 is 9.84 Å². The van der Waals surface area contributed by atoms with E-state index in [0.29, 0.717) is 17.8 Å². The van der Waals surface area contributed by atoms with Gasteiger partial charge in [0.15, 0.2) is 0 Å². The van der Waals surface area contributed by atoms with E-state index in [1.807, 2.05) is 32.0 Å². The molecule has 1 N–H and O–H groups in total. The van der Waals surface area contributed by atoms with Crippen molar-refractivity contribution in [3.63, 3.8) is 0 Å². The van der Waals surface area contributed by atoms with Crippen molar-refractivity contribution in [2.75, 3.05) is 7.11 Å². The maximum absolute atomic E-state index is 12.1.